The van der Waals surface area contributed by atoms with E-state index in [1.165, 1.54) is 12.8 Å². The van der Waals surface area contributed by atoms with Crippen LogP contribution in [0.1, 0.15) is 38.7 Å². The number of carbonyl (C=O) groups is 1. The van der Waals surface area contributed by atoms with E-state index < -0.39 is 0 Å². The number of halogens is 2. The predicted molar refractivity (Wildman–Crippen MR) is 84.3 cm³/mol. The van der Waals surface area contributed by atoms with Gasteiger partial charge in [-0.05, 0) is 36.0 Å². The fraction of sp³-hybridized carbons (Fsp3) is 0.562. The molecule has 1 saturated carbocycles. The summed E-state index contributed by atoms with van der Waals surface area (Å²) in [5.74, 6) is 1.25. The van der Waals surface area contributed by atoms with Crippen molar-refractivity contribution in [3.8, 4) is 0 Å². The molecule has 0 unspecified atom stereocenters. The van der Waals surface area contributed by atoms with Crippen LogP contribution in [0.25, 0.3) is 0 Å². The summed E-state index contributed by atoms with van der Waals surface area (Å²) in [6.45, 7) is 4.49. The van der Waals surface area contributed by atoms with Crippen LogP contribution in [0.2, 0.25) is 10.0 Å². The van der Waals surface area contributed by atoms with Crippen LogP contribution in [0.15, 0.2) is 18.2 Å². The monoisotopic (exact) mass is 313 g/mol. The first-order valence-corrected chi connectivity index (χ1v) is 7.96. The van der Waals surface area contributed by atoms with E-state index in [9.17, 15) is 4.79 Å². The Hall–Kier alpha value is -0.730. The molecule has 0 aliphatic heterocycles. The summed E-state index contributed by atoms with van der Waals surface area (Å²) in [5.41, 5.74) is 0.824. The topological polar surface area (TPSA) is 29.1 Å². The molecule has 1 aliphatic carbocycles. The standard InChI is InChI=1S/C16H21Cl2NO/c1-10-4-3-5-15(11(10)2)19-16(20)8-12-6-7-13(17)9-14(12)18/h6-7,9-11,15H,3-5,8H2,1-2H3,(H,19,20)/t10-,11+,15+/m0/s1. The number of rotatable bonds is 3. The summed E-state index contributed by atoms with van der Waals surface area (Å²) in [7, 11) is 0. The molecular formula is C16H21Cl2NO. The lowest BCUT2D eigenvalue weighted by Gasteiger charge is -2.34. The molecule has 1 aromatic carbocycles. The molecule has 2 rings (SSSR count). The minimum Gasteiger partial charge on any atom is -0.353 e. The fourth-order valence-electron chi connectivity index (χ4n) is 2.88. The maximum Gasteiger partial charge on any atom is 0.224 e. The van der Waals surface area contributed by atoms with Gasteiger partial charge in [-0.3, -0.25) is 4.79 Å². The van der Waals surface area contributed by atoms with Crippen LogP contribution in [-0.4, -0.2) is 11.9 Å². The molecular weight excluding hydrogens is 293 g/mol. The Morgan fingerprint density at radius 2 is 2.05 bits per heavy atom. The normalized spacial score (nSPS) is 26.3. The van der Waals surface area contributed by atoms with Crippen molar-refractivity contribution in [1.29, 1.82) is 0 Å². The van der Waals surface area contributed by atoms with Gasteiger partial charge >= 0.3 is 0 Å². The minimum absolute atomic E-state index is 0.0418. The smallest absolute Gasteiger partial charge is 0.224 e. The fourth-order valence-corrected chi connectivity index (χ4v) is 3.36. The highest BCUT2D eigenvalue weighted by Crippen LogP contribution is 2.29. The lowest BCUT2D eigenvalue weighted by atomic mass is 9.78. The van der Waals surface area contributed by atoms with Gasteiger partial charge in [0.05, 0.1) is 6.42 Å². The lowest BCUT2D eigenvalue weighted by Crippen LogP contribution is -2.44. The van der Waals surface area contributed by atoms with Crippen molar-refractivity contribution in [2.45, 2.75) is 45.6 Å². The number of hydrogen-bond acceptors (Lipinski definition) is 1. The molecule has 0 heterocycles. The molecule has 3 atom stereocenters. The van der Waals surface area contributed by atoms with Crippen molar-refractivity contribution in [3.05, 3.63) is 33.8 Å². The summed E-state index contributed by atoms with van der Waals surface area (Å²) >= 11 is 12.0. The third-order valence-electron chi connectivity index (χ3n) is 4.42. The van der Waals surface area contributed by atoms with Gasteiger partial charge in [-0.1, -0.05) is 56.0 Å². The van der Waals surface area contributed by atoms with E-state index in [4.69, 9.17) is 23.2 Å². The minimum atomic E-state index is 0.0418. The Morgan fingerprint density at radius 3 is 2.75 bits per heavy atom. The number of nitrogens with one attached hydrogen (secondary N) is 1. The van der Waals surface area contributed by atoms with Crippen LogP contribution in [0, 0.1) is 11.8 Å². The van der Waals surface area contributed by atoms with Crippen LogP contribution < -0.4 is 5.32 Å². The second-order valence-corrected chi connectivity index (χ2v) is 6.70. The van der Waals surface area contributed by atoms with Gasteiger partial charge in [0.2, 0.25) is 5.91 Å². The van der Waals surface area contributed by atoms with Gasteiger partial charge in [-0.15, -0.1) is 0 Å². The van der Waals surface area contributed by atoms with Gasteiger partial charge in [0.15, 0.2) is 0 Å². The lowest BCUT2D eigenvalue weighted by molar-refractivity contribution is -0.121. The zero-order valence-electron chi connectivity index (χ0n) is 12.0. The van der Waals surface area contributed by atoms with E-state index in [0.717, 1.165) is 12.0 Å². The molecule has 20 heavy (non-hydrogen) atoms. The van der Waals surface area contributed by atoms with E-state index >= 15 is 0 Å². The predicted octanol–water partition coefficient (Wildman–Crippen LogP) is 4.48. The summed E-state index contributed by atoms with van der Waals surface area (Å²) in [5, 5.41) is 4.30. The first kappa shape index (κ1) is 15.7. The van der Waals surface area contributed by atoms with Crippen molar-refractivity contribution >= 4 is 29.1 Å². The van der Waals surface area contributed by atoms with Crippen LogP contribution in [0.5, 0.6) is 0 Å². The van der Waals surface area contributed by atoms with E-state index in [-0.39, 0.29) is 11.9 Å². The zero-order chi connectivity index (χ0) is 14.7. The molecule has 110 valence electrons. The highest BCUT2D eigenvalue weighted by atomic mass is 35.5. The third kappa shape index (κ3) is 3.89. The van der Waals surface area contributed by atoms with Crippen molar-refractivity contribution < 1.29 is 4.79 Å². The molecule has 4 heteroatoms. The summed E-state index contributed by atoms with van der Waals surface area (Å²) in [4.78, 5) is 12.2. The molecule has 1 aromatic rings. The van der Waals surface area contributed by atoms with E-state index in [1.54, 1.807) is 12.1 Å². The highest BCUT2D eigenvalue weighted by Gasteiger charge is 2.28. The molecule has 2 nitrogen and oxygen atoms in total. The van der Waals surface area contributed by atoms with Gasteiger partial charge in [-0.25, -0.2) is 0 Å². The Kier molecular flexibility index (Phi) is 5.34. The van der Waals surface area contributed by atoms with Crippen molar-refractivity contribution in [3.63, 3.8) is 0 Å². The quantitative estimate of drug-likeness (QED) is 0.876. The second kappa shape index (κ2) is 6.82. The van der Waals surface area contributed by atoms with Crippen LogP contribution in [-0.2, 0) is 11.2 Å². The Balaban J connectivity index is 1.95. The molecule has 1 N–H and O–H groups in total. The average Bonchev–Trinajstić information content (AvgIpc) is 2.38. The molecule has 0 aromatic heterocycles. The maximum absolute atomic E-state index is 12.2. The summed E-state index contributed by atoms with van der Waals surface area (Å²) in [6.07, 6.45) is 3.84. The summed E-state index contributed by atoms with van der Waals surface area (Å²) in [6, 6.07) is 5.55. The molecule has 0 bridgehead atoms. The Bertz CT molecular complexity index is 489. The second-order valence-electron chi connectivity index (χ2n) is 5.85. The number of benzene rings is 1. The average molecular weight is 314 g/mol. The van der Waals surface area contributed by atoms with Crippen LogP contribution in [0.3, 0.4) is 0 Å². The van der Waals surface area contributed by atoms with Gasteiger partial charge in [0, 0.05) is 16.1 Å². The van der Waals surface area contributed by atoms with Crippen molar-refractivity contribution in [1.82, 2.24) is 5.32 Å². The van der Waals surface area contributed by atoms with E-state index in [0.29, 0.717) is 28.3 Å². The molecule has 0 spiro atoms. The molecule has 0 saturated heterocycles. The van der Waals surface area contributed by atoms with Gasteiger partial charge < -0.3 is 5.32 Å². The van der Waals surface area contributed by atoms with Crippen LogP contribution >= 0.6 is 23.2 Å². The molecule has 1 fully saturated rings. The SMILES string of the molecule is C[C@@H]1[C@@H](C)CCC[C@H]1NC(=O)Cc1ccc(Cl)cc1Cl. The molecule has 1 amide bonds. The van der Waals surface area contributed by atoms with Gasteiger partial charge in [0.25, 0.3) is 0 Å². The van der Waals surface area contributed by atoms with Crippen molar-refractivity contribution in [2.75, 3.05) is 0 Å². The zero-order valence-corrected chi connectivity index (χ0v) is 13.5. The summed E-state index contributed by atoms with van der Waals surface area (Å²) < 4.78 is 0. The van der Waals surface area contributed by atoms with Crippen molar-refractivity contribution in [2.24, 2.45) is 11.8 Å². The number of hydrogen-bond donors (Lipinski definition) is 1. The van der Waals surface area contributed by atoms with Gasteiger partial charge in [0.1, 0.15) is 0 Å². The number of amides is 1. The maximum atomic E-state index is 12.2. The van der Waals surface area contributed by atoms with Gasteiger partial charge in [-0.2, -0.15) is 0 Å². The van der Waals surface area contributed by atoms with Crippen LogP contribution in [0.4, 0.5) is 0 Å². The number of carbonyl (C=O) groups excluding carboxylic acids is 1. The third-order valence-corrected chi connectivity index (χ3v) is 5.01. The van der Waals surface area contributed by atoms with E-state index in [1.807, 2.05) is 6.07 Å². The first-order chi connectivity index (χ1) is 9.47. The Labute approximate surface area is 130 Å². The molecule has 0 radical (unpaired) electrons. The Morgan fingerprint density at radius 1 is 1.30 bits per heavy atom. The first-order valence-electron chi connectivity index (χ1n) is 7.20. The molecule has 1 aliphatic rings. The van der Waals surface area contributed by atoms with E-state index in [2.05, 4.69) is 19.2 Å². The highest BCUT2D eigenvalue weighted by molar-refractivity contribution is 6.35. The largest absolute Gasteiger partial charge is 0.353 e.